The van der Waals surface area contributed by atoms with Gasteiger partial charge >= 0.3 is 0 Å². The van der Waals surface area contributed by atoms with Gasteiger partial charge in [-0.2, -0.15) is 4.98 Å². The summed E-state index contributed by atoms with van der Waals surface area (Å²) in [6.45, 7) is 4.25. The van der Waals surface area contributed by atoms with E-state index in [2.05, 4.69) is 15.5 Å². The molecule has 8 heteroatoms. The first-order valence-electron chi connectivity index (χ1n) is 8.85. The summed E-state index contributed by atoms with van der Waals surface area (Å²) in [6, 6.07) is 12.6. The summed E-state index contributed by atoms with van der Waals surface area (Å²) in [7, 11) is 0. The minimum atomic E-state index is -0.831. The topological polar surface area (TPSA) is 86.5 Å². The molecule has 0 radical (unpaired) electrons. The van der Waals surface area contributed by atoms with E-state index < -0.39 is 12.0 Å². The summed E-state index contributed by atoms with van der Waals surface area (Å²) < 4.78 is 29.1. The van der Waals surface area contributed by atoms with Crippen molar-refractivity contribution in [3.8, 4) is 23.0 Å². The molecule has 1 N–H and O–H groups in total. The molecule has 2 aromatic carbocycles. The molecule has 0 saturated heterocycles. The summed E-state index contributed by atoms with van der Waals surface area (Å²) in [5.74, 6) is 0.590. The van der Waals surface area contributed by atoms with Crippen LogP contribution in [0.5, 0.6) is 11.5 Å². The van der Waals surface area contributed by atoms with Crippen molar-refractivity contribution in [1.29, 1.82) is 0 Å². The lowest BCUT2D eigenvalue weighted by molar-refractivity contribution is -0.122. The predicted octanol–water partition coefficient (Wildman–Crippen LogP) is 4.07. The van der Waals surface area contributed by atoms with Crippen LogP contribution in [0.25, 0.3) is 11.5 Å². The molecule has 0 spiro atoms. The van der Waals surface area contributed by atoms with Gasteiger partial charge in [0, 0.05) is 5.56 Å². The highest BCUT2D eigenvalue weighted by Crippen LogP contribution is 2.22. The van der Waals surface area contributed by atoms with Crippen LogP contribution in [0.15, 0.2) is 53.1 Å². The van der Waals surface area contributed by atoms with Crippen LogP contribution in [0, 0.1) is 5.82 Å². The third-order valence-corrected chi connectivity index (χ3v) is 3.73. The molecule has 3 aromatic rings. The Morgan fingerprint density at radius 2 is 1.82 bits per heavy atom. The maximum Gasteiger partial charge on any atom is 0.270 e. The third-order valence-electron chi connectivity index (χ3n) is 3.73. The molecule has 0 aliphatic heterocycles. The zero-order valence-electron chi connectivity index (χ0n) is 15.5. The van der Waals surface area contributed by atoms with Gasteiger partial charge in [0.25, 0.3) is 17.7 Å². The van der Waals surface area contributed by atoms with Gasteiger partial charge in [0.1, 0.15) is 17.3 Å². The Balaban J connectivity index is 1.58. The fourth-order valence-corrected chi connectivity index (χ4v) is 2.29. The number of rotatable bonds is 8. The van der Waals surface area contributed by atoms with Gasteiger partial charge in [0.15, 0.2) is 6.10 Å². The van der Waals surface area contributed by atoms with Crippen molar-refractivity contribution in [3.63, 3.8) is 0 Å². The molecule has 1 amide bonds. The predicted molar refractivity (Wildman–Crippen MR) is 101 cm³/mol. The molecule has 3 rings (SSSR count). The Kier molecular flexibility index (Phi) is 6.21. The van der Waals surface area contributed by atoms with Crippen LogP contribution in [-0.2, 0) is 4.79 Å². The fraction of sp³-hybridized carbons (Fsp3) is 0.250. The van der Waals surface area contributed by atoms with Crippen LogP contribution in [0.4, 0.5) is 10.3 Å². The quantitative estimate of drug-likeness (QED) is 0.629. The number of hydrogen-bond acceptors (Lipinski definition) is 6. The lowest BCUT2D eigenvalue weighted by Gasteiger charge is -2.13. The summed E-state index contributed by atoms with van der Waals surface area (Å²) in [6.07, 6.45) is 0.0972. The van der Waals surface area contributed by atoms with E-state index in [1.54, 1.807) is 19.1 Å². The van der Waals surface area contributed by atoms with Crippen LogP contribution in [0.2, 0.25) is 0 Å². The van der Waals surface area contributed by atoms with E-state index in [9.17, 15) is 9.18 Å². The second kappa shape index (κ2) is 8.98. The van der Waals surface area contributed by atoms with Crippen LogP contribution in [0.1, 0.15) is 20.3 Å². The maximum atomic E-state index is 12.9. The monoisotopic (exact) mass is 385 g/mol. The highest BCUT2D eigenvalue weighted by molar-refractivity contribution is 5.92. The van der Waals surface area contributed by atoms with Crippen molar-refractivity contribution >= 4 is 11.9 Å². The van der Waals surface area contributed by atoms with E-state index in [1.807, 2.05) is 19.1 Å². The minimum Gasteiger partial charge on any atom is -0.494 e. The van der Waals surface area contributed by atoms with E-state index in [0.29, 0.717) is 17.9 Å². The first-order valence-corrected chi connectivity index (χ1v) is 8.85. The average molecular weight is 385 g/mol. The zero-order chi connectivity index (χ0) is 19.9. The number of halogens is 1. The minimum absolute atomic E-state index is 0.0286. The Hall–Kier alpha value is -3.42. The van der Waals surface area contributed by atoms with Crippen molar-refractivity contribution in [2.45, 2.75) is 26.4 Å². The number of amides is 1. The lowest BCUT2D eigenvalue weighted by Crippen LogP contribution is -2.30. The van der Waals surface area contributed by atoms with Gasteiger partial charge in [-0.25, -0.2) is 4.39 Å². The molecule has 0 aliphatic carbocycles. The number of aromatic nitrogens is 2. The zero-order valence-corrected chi connectivity index (χ0v) is 15.5. The second-order valence-corrected chi connectivity index (χ2v) is 6.00. The molecule has 0 bridgehead atoms. The standard InChI is InChI=1S/C20H20FN3O4/c1-3-12-26-16-8-4-14(5-9-16)19-23-20(24-28-19)22-18(25)13(2)27-17-10-6-15(21)7-11-17/h4-11,13H,3,12H2,1-2H3,(H,22,24,25)/t13-/m1/s1. The fourth-order valence-electron chi connectivity index (χ4n) is 2.29. The summed E-state index contributed by atoms with van der Waals surface area (Å²) in [5, 5.41) is 6.28. The van der Waals surface area contributed by atoms with E-state index in [0.717, 1.165) is 12.2 Å². The number of carbonyl (C=O) groups excluding carboxylic acids is 1. The SMILES string of the molecule is CCCOc1ccc(-c2nc(NC(=O)[C@@H](C)Oc3ccc(F)cc3)no2)cc1. The molecule has 0 unspecified atom stereocenters. The molecular formula is C20H20FN3O4. The molecule has 146 valence electrons. The van der Waals surface area contributed by atoms with Crippen LogP contribution in [0.3, 0.4) is 0 Å². The second-order valence-electron chi connectivity index (χ2n) is 6.00. The van der Waals surface area contributed by atoms with E-state index in [1.165, 1.54) is 24.3 Å². The Labute approximate surface area is 161 Å². The largest absolute Gasteiger partial charge is 0.494 e. The van der Waals surface area contributed by atoms with Crippen molar-refractivity contribution < 1.29 is 23.2 Å². The lowest BCUT2D eigenvalue weighted by atomic mass is 10.2. The number of benzene rings is 2. The van der Waals surface area contributed by atoms with Crippen LogP contribution >= 0.6 is 0 Å². The third kappa shape index (κ3) is 5.06. The van der Waals surface area contributed by atoms with Gasteiger partial charge in [-0.3, -0.25) is 10.1 Å². The van der Waals surface area contributed by atoms with Gasteiger partial charge in [-0.1, -0.05) is 6.92 Å². The van der Waals surface area contributed by atoms with Gasteiger partial charge in [0.2, 0.25) is 0 Å². The van der Waals surface area contributed by atoms with Crippen molar-refractivity contribution in [3.05, 3.63) is 54.3 Å². The Bertz CT molecular complexity index is 910. The smallest absolute Gasteiger partial charge is 0.270 e. The number of anilines is 1. The Morgan fingerprint density at radius 3 is 2.50 bits per heavy atom. The summed E-state index contributed by atoms with van der Waals surface area (Å²) in [4.78, 5) is 16.4. The number of nitrogens with one attached hydrogen (secondary N) is 1. The normalized spacial score (nSPS) is 11.7. The maximum absolute atomic E-state index is 12.9. The molecule has 0 saturated carbocycles. The average Bonchev–Trinajstić information content (AvgIpc) is 3.17. The molecule has 1 atom stereocenters. The number of nitrogens with zero attached hydrogens (tertiary/aromatic N) is 2. The molecule has 28 heavy (non-hydrogen) atoms. The highest BCUT2D eigenvalue weighted by Gasteiger charge is 2.18. The number of carbonyl (C=O) groups is 1. The van der Waals surface area contributed by atoms with Crippen LogP contribution in [-0.4, -0.2) is 28.8 Å². The Morgan fingerprint density at radius 1 is 1.14 bits per heavy atom. The van der Waals surface area contributed by atoms with E-state index >= 15 is 0 Å². The van der Waals surface area contributed by atoms with Crippen molar-refractivity contribution in [2.75, 3.05) is 11.9 Å². The summed E-state index contributed by atoms with van der Waals surface area (Å²) in [5.41, 5.74) is 0.701. The van der Waals surface area contributed by atoms with Crippen LogP contribution < -0.4 is 14.8 Å². The highest BCUT2D eigenvalue weighted by atomic mass is 19.1. The molecule has 1 aromatic heterocycles. The van der Waals surface area contributed by atoms with Gasteiger partial charge in [-0.15, -0.1) is 0 Å². The molecule has 1 heterocycles. The van der Waals surface area contributed by atoms with Gasteiger partial charge in [0.05, 0.1) is 6.61 Å². The van der Waals surface area contributed by atoms with Crippen molar-refractivity contribution in [2.24, 2.45) is 0 Å². The van der Waals surface area contributed by atoms with Crippen molar-refractivity contribution in [1.82, 2.24) is 10.1 Å². The van der Waals surface area contributed by atoms with Gasteiger partial charge in [-0.05, 0) is 67.0 Å². The van der Waals surface area contributed by atoms with E-state index in [-0.39, 0.29) is 17.7 Å². The first kappa shape index (κ1) is 19.3. The molecule has 0 fully saturated rings. The molecular weight excluding hydrogens is 365 g/mol. The molecule has 7 nitrogen and oxygen atoms in total. The van der Waals surface area contributed by atoms with E-state index in [4.69, 9.17) is 14.0 Å². The number of ether oxygens (including phenoxy) is 2. The molecule has 0 aliphatic rings. The van der Waals surface area contributed by atoms with Gasteiger partial charge < -0.3 is 14.0 Å². The number of hydrogen-bond donors (Lipinski definition) is 1. The summed E-state index contributed by atoms with van der Waals surface area (Å²) >= 11 is 0. The first-order chi connectivity index (χ1) is 13.5.